The number of methoxy groups -OCH3 is 1. The van der Waals surface area contributed by atoms with Gasteiger partial charge in [-0.05, 0) is 88.1 Å². The molecule has 0 aliphatic carbocycles. The molecule has 46 heavy (non-hydrogen) atoms. The molecule has 1 N–H and O–H groups in total. The Morgan fingerprint density at radius 1 is 1.17 bits per heavy atom. The Kier molecular flexibility index (Phi) is 12.3. The molecule has 0 spiro atoms. The maximum Gasteiger partial charge on any atom is 0.254 e. The van der Waals surface area contributed by atoms with Gasteiger partial charge in [-0.15, -0.1) is 0 Å². The molecule has 3 atom stereocenters. The number of aliphatic imine (C=N–C) groups is 1. The van der Waals surface area contributed by atoms with Gasteiger partial charge in [0.05, 0.1) is 19.4 Å². The predicted octanol–water partition coefficient (Wildman–Crippen LogP) is 7.33. The number of nitrogens with one attached hydrogen (secondary N) is 1. The fourth-order valence-electron chi connectivity index (χ4n) is 7.13. The van der Waals surface area contributed by atoms with Gasteiger partial charge in [-0.2, -0.15) is 0 Å². The van der Waals surface area contributed by atoms with Gasteiger partial charge in [0.25, 0.3) is 5.91 Å². The van der Waals surface area contributed by atoms with Crippen LogP contribution in [-0.2, 0) is 0 Å². The van der Waals surface area contributed by atoms with Crippen LogP contribution >= 0.6 is 0 Å². The summed E-state index contributed by atoms with van der Waals surface area (Å²) in [6, 6.07) is 5.16. The number of hydrogen-bond acceptors (Lipinski definition) is 7. The number of benzene rings is 1. The monoisotopic (exact) mass is 632 g/mol. The molecule has 5 rings (SSSR count). The summed E-state index contributed by atoms with van der Waals surface area (Å²) in [6.45, 7) is 23.0. The van der Waals surface area contributed by atoms with Crippen molar-refractivity contribution < 1.29 is 19.0 Å². The molecule has 4 aliphatic heterocycles. The van der Waals surface area contributed by atoms with Gasteiger partial charge < -0.3 is 24.4 Å². The highest BCUT2D eigenvalue weighted by atomic mass is 16.7. The number of ether oxygens (including phenoxy) is 3. The smallest absolute Gasteiger partial charge is 0.254 e. The molecule has 4 heterocycles. The van der Waals surface area contributed by atoms with Crippen molar-refractivity contribution in [1.82, 2.24) is 15.1 Å². The highest BCUT2D eigenvalue weighted by Gasteiger charge is 2.38. The van der Waals surface area contributed by atoms with E-state index in [0.717, 1.165) is 37.1 Å². The lowest BCUT2D eigenvalue weighted by Gasteiger charge is -2.36. The maximum atomic E-state index is 14.3. The Labute approximate surface area is 277 Å². The van der Waals surface area contributed by atoms with Crippen molar-refractivity contribution >= 4 is 12.1 Å². The molecule has 3 saturated heterocycles. The molecular formula is C38H56N4O4. The first kappa shape index (κ1) is 35.5. The van der Waals surface area contributed by atoms with Gasteiger partial charge in [-0.1, -0.05) is 45.2 Å². The zero-order valence-electron chi connectivity index (χ0n) is 29.2. The SMILES string of the molecule is C=C(CN(C[C@@H]1CCCN1CC1CC2CCC(C1)N2)C(=O)c1cc(OC)c2c(c1)OC(C)(C)O2)N=C/C(=C/C=C\C)C(=C)C.CC. The lowest BCUT2D eigenvalue weighted by molar-refractivity contribution is -0.0439. The second-order valence-corrected chi connectivity index (χ2v) is 13.3. The van der Waals surface area contributed by atoms with Crippen molar-refractivity contribution in [3.05, 3.63) is 65.9 Å². The minimum atomic E-state index is -0.833. The van der Waals surface area contributed by atoms with E-state index in [1.165, 1.54) is 25.7 Å². The zero-order chi connectivity index (χ0) is 33.4. The van der Waals surface area contributed by atoms with Crippen molar-refractivity contribution in [2.75, 3.05) is 33.3 Å². The Morgan fingerprint density at radius 3 is 2.54 bits per heavy atom. The fourth-order valence-corrected chi connectivity index (χ4v) is 7.13. The third-order valence-corrected chi connectivity index (χ3v) is 9.19. The average Bonchev–Trinajstić information content (AvgIpc) is 3.71. The molecule has 1 aromatic carbocycles. The van der Waals surface area contributed by atoms with Gasteiger partial charge in [0.15, 0.2) is 11.5 Å². The molecule has 1 amide bonds. The fraction of sp³-hybridized carbons (Fsp3) is 0.579. The maximum absolute atomic E-state index is 14.3. The van der Waals surface area contributed by atoms with E-state index in [0.29, 0.717) is 65.6 Å². The molecule has 0 saturated carbocycles. The number of likely N-dealkylation sites (tertiary alicyclic amines) is 1. The van der Waals surface area contributed by atoms with E-state index in [1.807, 2.05) is 64.7 Å². The first-order chi connectivity index (χ1) is 22.0. The first-order valence-electron chi connectivity index (χ1n) is 17.1. The summed E-state index contributed by atoms with van der Waals surface area (Å²) in [6.07, 6.45) is 15.0. The van der Waals surface area contributed by atoms with Crippen molar-refractivity contribution in [2.24, 2.45) is 10.9 Å². The number of piperidine rings is 1. The van der Waals surface area contributed by atoms with Gasteiger partial charge >= 0.3 is 0 Å². The van der Waals surface area contributed by atoms with Gasteiger partial charge in [0.2, 0.25) is 11.5 Å². The molecule has 8 nitrogen and oxygen atoms in total. The van der Waals surface area contributed by atoms with Gasteiger partial charge in [-0.3, -0.25) is 14.7 Å². The third-order valence-electron chi connectivity index (χ3n) is 9.19. The molecule has 8 heteroatoms. The molecular weight excluding hydrogens is 576 g/mol. The average molecular weight is 633 g/mol. The Bertz CT molecular complexity index is 1330. The standard InChI is InChI=1S/C36H50N4O4.C2H6/c1-8-9-11-27(24(2)3)20-37-25(4)21-40(35(41)28-18-32(42-7)34-33(19-28)43-36(5,6)44-34)23-31-12-10-15-39(31)22-26-16-29-13-14-30(17-26)38-29;1-2/h8-9,11,18-20,26,29-31,38H,2,4,10,12-17,21-23H2,1,3,5-7H3;1-2H3/b9-8-,27-11-,37-20?;/t26?,29?,30?,31-;/m0./s1. The summed E-state index contributed by atoms with van der Waals surface area (Å²) >= 11 is 0. The van der Waals surface area contributed by atoms with E-state index < -0.39 is 5.79 Å². The van der Waals surface area contributed by atoms with E-state index in [1.54, 1.807) is 25.5 Å². The number of carbonyl (C=O) groups excluding carboxylic acids is 1. The van der Waals surface area contributed by atoms with E-state index in [2.05, 4.69) is 28.4 Å². The van der Waals surface area contributed by atoms with E-state index in [9.17, 15) is 4.79 Å². The Balaban J connectivity index is 0.00000235. The topological polar surface area (TPSA) is 75.6 Å². The zero-order valence-corrected chi connectivity index (χ0v) is 29.2. The second kappa shape index (κ2) is 16.0. The van der Waals surface area contributed by atoms with Crippen molar-refractivity contribution in [1.29, 1.82) is 0 Å². The number of carbonyl (C=O) groups is 1. The minimum absolute atomic E-state index is 0.105. The molecule has 2 bridgehead atoms. The minimum Gasteiger partial charge on any atom is -0.493 e. The van der Waals surface area contributed by atoms with Crippen LogP contribution in [0.4, 0.5) is 0 Å². The number of amides is 1. The summed E-state index contributed by atoms with van der Waals surface area (Å²) in [5, 5.41) is 3.78. The van der Waals surface area contributed by atoms with E-state index in [4.69, 9.17) is 14.2 Å². The molecule has 2 unspecified atom stereocenters. The molecule has 0 aromatic heterocycles. The Hall–Kier alpha value is -3.36. The molecule has 3 fully saturated rings. The van der Waals surface area contributed by atoms with Crippen LogP contribution in [0.3, 0.4) is 0 Å². The van der Waals surface area contributed by atoms with Crippen molar-refractivity contribution in [3.63, 3.8) is 0 Å². The van der Waals surface area contributed by atoms with Gasteiger partial charge in [0.1, 0.15) is 0 Å². The number of allylic oxidation sites excluding steroid dienone is 5. The van der Waals surface area contributed by atoms with Crippen LogP contribution in [0.25, 0.3) is 0 Å². The van der Waals surface area contributed by atoms with Crippen LogP contribution in [0, 0.1) is 5.92 Å². The molecule has 0 radical (unpaired) electrons. The summed E-state index contributed by atoms with van der Waals surface area (Å²) in [7, 11) is 1.58. The van der Waals surface area contributed by atoms with E-state index in [-0.39, 0.29) is 5.91 Å². The van der Waals surface area contributed by atoms with Crippen LogP contribution in [-0.4, -0.2) is 79.1 Å². The number of fused-ring (bicyclic) bond motifs is 3. The summed E-state index contributed by atoms with van der Waals surface area (Å²) < 4.78 is 17.6. The first-order valence-corrected chi connectivity index (χ1v) is 17.1. The van der Waals surface area contributed by atoms with Gasteiger partial charge in [-0.25, -0.2) is 0 Å². The van der Waals surface area contributed by atoms with E-state index >= 15 is 0 Å². The second-order valence-electron chi connectivity index (χ2n) is 13.3. The van der Waals surface area contributed by atoms with Crippen molar-refractivity contribution in [3.8, 4) is 17.2 Å². The van der Waals surface area contributed by atoms with Gasteiger partial charge in [0, 0.05) is 56.8 Å². The lowest BCUT2D eigenvalue weighted by Crippen LogP contribution is -2.47. The van der Waals surface area contributed by atoms with Crippen molar-refractivity contribution in [2.45, 2.75) is 104 Å². The highest BCUT2D eigenvalue weighted by molar-refractivity contribution is 5.96. The number of hydrogen-bond donors (Lipinski definition) is 1. The van der Waals surface area contributed by atoms with Crippen LogP contribution < -0.4 is 19.5 Å². The summed E-state index contributed by atoms with van der Waals surface area (Å²) in [4.78, 5) is 23.5. The van der Waals surface area contributed by atoms with Crippen LogP contribution in [0.5, 0.6) is 17.2 Å². The lowest BCUT2D eigenvalue weighted by atomic mass is 9.92. The predicted molar refractivity (Wildman–Crippen MR) is 188 cm³/mol. The third kappa shape index (κ3) is 8.91. The molecule has 1 aromatic rings. The molecule has 252 valence electrons. The highest BCUT2D eigenvalue weighted by Crippen LogP contribution is 2.47. The van der Waals surface area contributed by atoms with Crippen LogP contribution in [0.1, 0.15) is 90.4 Å². The summed E-state index contributed by atoms with van der Waals surface area (Å²) in [5.74, 6) is 1.29. The molecule has 4 aliphatic rings. The van der Waals surface area contributed by atoms with Crippen LogP contribution in [0.15, 0.2) is 65.4 Å². The normalized spacial score (nSPS) is 25.1. The Morgan fingerprint density at radius 2 is 1.89 bits per heavy atom. The number of nitrogens with zero attached hydrogens (tertiary/aromatic N) is 3. The van der Waals surface area contributed by atoms with Crippen LogP contribution in [0.2, 0.25) is 0 Å². The quantitative estimate of drug-likeness (QED) is 0.192. The summed E-state index contributed by atoms with van der Waals surface area (Å²) in [5.41, 5.74) is 2.94. The largest absolute Gasteiger partial charge is 0.493 e. The number of rotatable bonds is 12.